The molecule has 21 heavy (non-hydrogen) atoms. The van der Waals surface area contributed by atoms with E-state index < -0.39 is 0 Å². The highest BCUT2D eigenvalue weighted by Gasteiger charge is 2.13. The van der Waals surface area contributed by atoms with Crippen LogP contribution >= 0.6 is 0 Å². The second kappa shape index (κ2) is 6.76. The normalized spacial score (nSPS) is 16.0. The van der Waals surface area contributed by atoms with Gasteiger partial charge in [0.15, 0.2) is 0 Å². The number of hydrogen-bond acceptors (Lipinski definition) is 4. The van der Waals surface area contributed by atoms with E-state index in [0.717, 1.165) is 47.9 Å². The Bertz CT molecular complexity index is 588. The SMILES string of the molecule is COc1cccc2ccnc(NCCC3CCNCC3)c12. The Morgan fingerprint density at radius 2 is 2.14 bits per heavy atom. The van der Waals surface area contributed by atoms with Crippen molar-refractivity contribution in [1.82, 2.24) is 10.3 Å². The maximum absolute atomic E-state index is 5.48. The lowest BCUT2D eigenvalue weighted by atomic mass is 9.95. The van der Waals surface area contributed by atoms with Gasteiger partial charge in [0.2, 0.25) is 0 Å². The summed E-state index contributed by atoms with van der Waals surface area (Å²) in [6, 6.07) is 8.12. The molecule has 0 aliphatic carbocycles. The fourth-order valence-corrected chi connectivity index (χ4v) is 3.07. The number of fused-ring (bicyclic) bond motifs is 1. The van der Waals surface area contributed by atoms with Crippen LogP contribution in [0.2, 0.25) is 0 Å². The Balaban J connectivity index is 1.71. The first kappa shape index (κ1) is 14.1. The number of ether oxygens (including phenoxy) is 1. The fraction of sp³-hybridized carbons (Fsp3) is 0.471. The van der Waals surface area contributed by atoms with E-state index >= 15 is 0 Å². The Hall–Kier alpha value is -1.81. The van der Waals surface area contributed by atoms with Crippen molar-refractivity contribution in [3.05, 3.63) is 30.5 Å². The summed E-state index contributed by atoms with van der Waals surface area (Å²) < 4.78 is 5.48. The van der Waals surface area contributed by atoms with Gasteiger partial charge in [0.05, 0.1) is 12.5 Å². The zero-order chi connectivity index (χ0) is 14.5. The first-order valence-electron chi connectivity index (χ1n) is 7.75. The first-order chi connectivity index (χ1) is 10.4. The van der Waals surface area contributed by atoms with E-state index in [0.29, 0.717) is 0 Å². The van der Waals surface area contributed by atoms with Gasteiger partial charge in [-0.15, -0.1) is 0 Å². The van der Waals surface area contributed by atoms with Crippen molar-refractivity contribution in [1.29, 1.82) is 0 Å². The minimum atomic E-state index is 0.829. The van der Waals surface area contributed by atoms with E-state index in [1.165, 1.54) is 19.3 Å². The highest BCUT2D eigenvalue weighted by Crippen LogP contribution is 2.30. The molecule has 0 bridgehead atoms. The molecule has 1 aliphatic heterocycles. The largest absolute Gasteiger partial charge is 0.496 e. The van der Waals surface area contributed by atoms with Gasteiger partial charge < -0.3 is 15.4 Å². The van der Waals surface area contributed by atoms with E-state index in [1.54, 1.807) is 7.11 Å². The van der Waals surface area contributed by atoms with Crippen LogP contribution in [0.4, 0.5) is 5.82 Å². The molecule has 1 aromatic carbocycles. The highest BCUT2D eigenvalue weighted by atomic mass is 16.5. The van der Waals surface area contributed by atoms with Crippen molar-refractivity contribution < 1.29 is 4.74 Å². The summed E-state index contributed by atoms with van der Waals surface area (Å²) in [6.45, 7) is 3.28. The third-order valence-corrected chi connectivity index (χ3v) is 4.28. The number of pyridine rings is 1. The molecule has 112 valence electrons. The van der Waals surface area contributed by atoms with Crippen molar-refractivity contribution in [2.75, 3.05) is 32.1 Å². The molecule has 1 saturated heterocycles. The van der Waals surface area contributed by atoms with Crippen LogP contribution in [0.25, 0.3) is 10.8 Å². The lowest BCUT2D eigenvalue weighted by Gasteiger charge is -2.22. The Kier molecular flexibility index (Phi) is 4.55. The summed E-state index contributed by atoms with van der Waals surface area (Å²) in [6.07, 6.45) is 5.63. The lowest BCUT2D eigenvalue weighted by Crippen LogP contribution is -2.28. The molecule has 0 radical (unpaired) electrons. The third kappa shape index (κ3) is 3.27. The summed E-state index contributed by atoms with van der Waals surface area (Å²) in [5.41, 5.74) is 0. The number of piperidine rings is 1. The molecule has 0 unspecified atom stereocenters. The van der Waals surface area contributed by atoms with Crippen LogP contribution in [0.1, 0.15) is 19.3 Å². The van der Waals surface area contributed by atoms with Crippen molar-refractivity contribution in [2.24, 2.45) is 5.92 Å². The summed E-state index contributed by atoms with van der Waals surface area (Å²) in [5.74, 6) is 2.64. The molecule has 2 N–H and O–H groups in total. The second-order valence-electron chi connectivity index (χ2n) is 5.63. The second-order valence-corrected chi connectivity index (χ2v) is 5.63. The average molecular weight is 285 g/mol. The monoisotopic (exact) mass is 285 g/mol. The number of rotatable bonds is 5. The Labute approximate surface area is 125 Å². The van der Waals surface area contributed by atoms with E-state index in [9.17, 15) is 0 Å². The molecule has 2 aromatic rings. The standard InChI is InChI=1S/C17H23N3O/c1-21-15-4-2-3-14-8-12-20-17(16(14)15)19-11-7-13-5-9-18-10-6-13/h2-4,8,12-13,18H,5-7,9-11H2,1H3,(H,19,20). The van der Waals surface area contributed by atoms with Gasteiger partial charge in [0.25, 0.3) is 0 Å². The molecular weight excluding hydrogens is 262 g/mol. The smallest absolute Gasteiger partial charge is 0.137 e. The average Bonchev–Trinajstić information content (AvgIpc) is 2.55. The number of benzene rings is 1. The van der Waals surface area contributed by atoms with Gasteiger partial charge in [-0.1, -0.05) is 12.1 Å². The van der Waals surface area contributed by atoms with Crippen LogP contribution in [-0.2, 0) is 0 Å². The predicted molar refractivity (Wildman–Crippen MR) is 87.0 cm³/mol. The molecule has 3 rings (SSSR count). The van der Waals surface area contributed by atoms with Crippen LogP contribution in [-0.4, -0.2) is 31.7 Å². The molecule has 1 aliphatic rings. The maximum atomic E-state index is 5.48. The summed E-state index contributed by atoms with van der Waals surface area (Å²) >= 11 is 0. The number of hydrogen-bond donors (Lipinski definition) is 2. The van der Waals surface area contributed by atoms with Crippen molar-refractivity contribution in [3.63, 3.8) is 0 Å². The number of nitrogens with one attached hydrogen (secondary N) is 2. The van der Waals surface area contributed by atoms with Crippen LogP contribution in [0.5, 0.6) is 5.75 Å². The summed E-state index contributed by atoms with van der Waals surface area (Å²) in [4.78, 5) is 4.49. The minimum Gasteiger partial charge on any atom is -0.496 e. The zero-order valence-electron chi connectivity index (χ0n) is 12.6. The van der Waals surface area contributed by atoms with Crippen LogP contribution in [0.3, 0.4) is 0 Å². The highest BCUT2D eigenvalue weighted by molar-refractivity contribution is 5.96. The number of methoxy groups -OCH3 is 1. The fourth-order valence-electron chi connectivity index (χ4n) is 3.07. The number of anilines is 1. The molecular formula is C17H23N3O. The maximum Gasteiger partial charge on any atom is 0.137 e. The van der Waals surface area contributed by atoms with Crippen molar-refractivity contribution in [2.45, 2.75) is 19.3 Å². The third-order valence-electron chi connectivity index (χ3n) is 4.28. The molecule has 4 heteroatoms. The topological polar surface area (TPSA) is 46.2 Å². The quantitative estimate of drug-likeness (QED) is 0.886. The Morgan fingerprint density at radius 3 is 2.95 bits per heavy atom. The van der Waals surface area contributed by atoms with E-state index in [4.69, 9.17) is 4.74 Å². The molecule has 1 aromatic heterocycles. The van der Waals surface area contributed by atoms with Gasteiger partial charge in [-0.3, -0.25) is 0 Å². The van der Waals surface area contributed by atoms with Gasteiger partial charge in [-0.25, -0.2) is 4.98 Å². The minimum absolute atomic E-state index is 0.829. The zero-order valence-corrected chi connectivity index (χ0v) is 12.6. The molecule has 0 amide bonds. The van der Waals surface area contributed by atoms with Crippen LogP contribution in [0, 0.1) is 5.92 Å². The van der Waals surface area contributed by atoms with Crippen molar-refractivity contribution in [3.8, 4) is 5.75 Å². The van der Waals surface area contributed by atoms with E-state index in [2.05, 4.69) is 21.7 Å². The molecule has 4 nitrogen and oxygen atoms in total. The Morgan fingerprint density at radius 1 is 1.29 bits per heavy atom. The van der Waals surface area contributed by atoms with E-state index in [1.807, 2.05) is 24.4 Å². The lowest BCUT2D eigenvalue weighted by molar-refractivity contribution is 0.361. The molecule has 0 atom stereocenters. The molecule has 1 fully saturated rings. The molecule has 2 heterocycles. The molecule has 0 saturated carbocycles. The van der Waals surface area contributed by atoms with Gasteiger partial charge in [-0.05, 0) is 55.8 Å². The van der Waals surface area contributed by atoms with Gasteiger partial charge in [-0.2, -0.15) is 0 Å². The van der Waals surface area contributed by atoms with Gasteiger partial charge in [0, 0.05) is 12.7 Å². The summed E-state index contributed by atoms with van der Waals surface area (Å²) in [7, 11) is 1.71. The van der Waals surface area contributed by atoms with Crippen LogP contribution in [0.15, 0.2) is 30.5 Å². The van der Waals surface area contributed by atoms with Gasteiger partial charge in [0.1, 0.15) is 11.6 Å². The number of aromatic nitrogens is 1. The molecule has 0 spiro atoms. The van der Waals surface area contributed by atoms with Crippen LogP contribution < -0.4 is 15.4 Å². The predicted octanol–water partition coefficient (Wildman–Crippen LogP) is 3.05. The van der Waals surface area contributed by atoms with E-state index in [-0.39, 0.29) is 0 Å². The first-order valence-corrected chi connectivity index (χ1v) is 7.75. The number of nitrogens with zero attached hydrogens (tertiary/aromatic N) is 1. The van der Waals surface area contributed by atoms with Crippen molar-refractivity contribution >= 4 is 16.6 Å². The van der Waals surface area contributed by atoms with Gasteiger partial charge >= 0.3 is 0 Å². The summed E-state index contributed by atoms with van der Waals surface area (Å²) in [5, 5.41) is 9.15.